The van der Waals surface area contributed by atoms with Crippen molar-refractivity contribution < 1.29 is 19.2 Å². The molecule has 2 N–H and O–H groups in total. The van der Waals surface area contributed by atoms with Gasteiger partial charge in [0.2, 0.25) is 0 Å². The fourth-order valence-electron chi connectivity index (χ4n) is 1.44. The Labute approximate surface area is 116 Å². The van der Waals surface area contributed by atoms with Crippen molar-refractivity contribution in [1.82, 2.24) is 0 Å². The number of nitrogens with zero attached hydrogens (tertiary/aromatic N) is 1. The van der Waals surface area contributed by atoms with Gasteiger partial charge in [-0.05, 0) is 12.0 Å². The molecule has 0 heterocycles. The van der Waals surface area contributed by atoms with Crippen LogP contribution in [0.25, 0.3) is 0 Å². The molecule has 110 valence electrons. The number of rotatable bonds is 7. The Balaban J connectivity index is 2.49. The molecule has 1 aromatic rings. The first-order valence-corrected chi connectivity index (χ1v) is 6.20. The van der Waals surface area contributed by atoms with Crippen LogP contribution in [0.1, 0.15) is 24.2 Å². The number of nitrogens with two attached hydrogens (primary N) is 1. The maximum atomic E-state index is 11.7. The lowest BCUT2D eigenvalue weighted by Crippen LogP contribution is -2.14. The normalized spacial score (nSPS) is 10.6. The molecule has 0 saturated carbocycles. The molecule has 0 aliphatic heterocycles. The number of hydrogen-bond acceptors (Lipinski definition) is 6. The number of carbonyl (C=O) groups is 1. The number of anilines is 1. The van der Waals surface area contributed by atoms with Crippen LogP contribution in [-0.2, 0) is 9.47 Å². The van der Waals surface area contributed by atoms with Crippen molar-refractivity contribution in [1.29, 1.82) is 0 Å². The van der Waals surface area contributed by atoms with Gasteiger partial charge >= 0.3 is 5.97 Å². The van der Waals surface area contributed by atoms with Crippen molar-refractivity contribution in [2.75, 3.05) is 25.6 Å². The molecule has 0 amide bonds. The van der Waals surface area contributed by atoms with Crippen molar-refractivity contribution in [3.8, 4) is 0 Å². The van der Waals surface area contributed by atoms with E-state index >= 15 is 0 Å². The Kier molecular flexibility index (Phi) is 5.92. The van der Waals surface area contributed by atoms with E-state index in [1.54, 1.807) is 0 Å². The topological polar surface area (TPSA) is 105 Å². The molecule has 0 unspecified atom stereocenters. The highest BCUT2D eigenvalue weighted by atomic mass is 16.6. The van der Waals surface area contributed by atoms with Crippen LogP contribution in [0, 0.1) is 16.0 Å². The van der Waals surface area contributed by atoms with E-state index < -0.39 is 10.9 Å². The number of benzene rings is 1. The number of esters is 1. The lowest BCUT2D eigenvalue weighted by Gasteiger charge is -2.08. The Morgan fingerprint density at radius 1 is 1.40 bits per heavy atom. The smallest absolute Gasteiger partial charge is 0.340 e. The molecular weight excluding hydrogens is 264 g/mol. The minimum absolute atomic E-state index is 0.0206. The van der Waals surface area contributed by atoms with Crippen LogP contribution in [0.15, 0.2) is 18.2 Å². The predicted molar refractivity (Wildman–Crippen MR) is 73.4 cm³/mol. The summed E-state index contributed by atoms with van der Waals surface area (Å²) in [6, 6.07) is 3.62. The highest BCUT2D eigenvalue weighted by molar-refractivity contribution is 5.95. The summed E-state index contributed by atoms with van der Waals surface area (Å²) in [7, 11) is 0. The van der Waals surface area contributed by atoms with E-state index in [-0.39, 0.29) is 23.5 Å². The molecule has 0 aliphatic carbocycles. The lowest BCUT2D eigenvalue weighted by atomic mass is 10.1. The molecule has 0 fully saturated rings. The van der Waals surface area contributed by atoms with Crippen molar-refractivity contribution in [3.63, 3.8) is 0 Å². The second-order valence-corrected chi connectivity index (χ2v) is 4.63. The predicted octanol–water partition coefficient (Wildman–Crippen LogP) is 2.01. The maximum absolute atomic E-state index is 11.7. The Hall–Kier alpha value is -2.15. The number of non-ortho nitro benzene ring substituents is 1. The van der Waals surface area contributed by atoms with Gasteiger partial charge in [-0.15, -0.1) is 0 Å². The van der Waals surface area contributed by atoms with Crippen LogP contribution in [0.2, 0.25) is 0 Å². The van der Waals surface area contributed by atoms with Gasteiger partial charge in [-0.3, -0.25) is 10.1 Å². The van der Waals surface area contributed by atoms with E-state index in [0.29, 0.717) is 19.1 Å². The summed E-state index contributed by atoms with van der Waals surface area (Å²) >= 11 is 0. The van der Waals surface area contributed by atoms with Gasteiger partial charge in [-0.1, -0.05) is 13.8 Å². The average molecular weight is 282 g/mol. The van der Waals surface area contributed by atoms with Crippen LogP contribution in [0.5, 0.6) is 0 Å². The Morgan fingerprint density at radius 3 is 2.65 bits per heavy atom. The minimum atomic E-state index is -0.620. The van der Waals surface area contributed by atoms with Gasteiger partial charge in [0, 0.05) is 18.7 Å². The molecule has 1 rings (SSSR count). The second-order valence-electron chi connectivity index (χ2n) is 4.63. The van der Waals surface area contributed by atoms with Crippen molar-refractivity contribution in [2.24, 2.45) is 5.92 Å². The van der Waals surface area contributed by atoms with Crippen LogP contribution >= 0.6 is 0 Å². The summed E-state index contributed by atoms with van der Waals surface area (Å²) in [5.41, 5.74) is 5.56. The maximum Gasteiger partial charge on any atom is 0.340 e. The Morgan fingerprint density at radius 2 is 2.10 bits per heavy atom. The number of nitro groups is 1. The third kappa shape index (κ3) is 4.85. The fourth-order valence-corrected chi connectivity index (χ4v) is 1.44. The van der Waals surface area contributed by atoms with E-state index in [9.17, 15) is 14.9 Å². The summed E-state index contributed by atoms with van der Waals surface area (Å²) in [6.45, 7) is 5.04. The number of hydrogen-bond donors (Lipinski definition) is 1. The first kappa shape index (κ1) is 15.9. The van der Waals surface area contributed by atoms with Gasteiger partial charge in [-0.25, -0.2) is 4.79 Å². The van der Waals surface area contributed by atoms with Crippen LogP contribution in [-0.4, -0.2) is 30.7 Å². The van der Waals surface area contributed by atoms with Gasteiger partial charge in [-0.2, -0.15) is 0 Å². The van der Waals surface area contributed by atoms with Gasteiger partial charge in [0.25, 0.3) is 5.69 Å². The van der Waals surface area contributed by atoms with E-state index in [1.165, 1.54) is 12.1 Å². The van der Waals surface area contributed by atoms with Crippen molar-refractivity contribution in [3.05, 3.63) is 33.9 Å². The summed E-state index contributed by atoms with van der Waals surface area (Å²) in [5, 5.41) is 10.6. The average Bonchev–Trinajstić information content (AvgIpc) is 2.37. The van der Waals surface area contributed by atoms with Crippen LogP contribution in [0.3, 0.4) is 0 Å². The van der Waals surface area contributed by atoms with E-state index in [4.69, 9.17) is 15.2 Å². The highest BCUT2D eigenvalue weighted by Crippen LogP contribution is 2.20. The molecule has 0 atom stereocenters. The zero-order valence-corrected chi connectivity index (χ0v) is 11.5. The molecule has 1 aromatic carbocycles. The minimum Gasteiger partial charge on any atom is -0.460 e. The van der Waals surface area contributed by atoms with E-state index in [0.717, 1.165) is 6.07 Å². The summed E-state index contributed by atoms with van der Waals surface area (Å²) in [4.78, 5) is 21.7. The van der Waals surface area contributed by atoms with Crippen LogP contribution < -0.4 is 5.73 Å². The summed E-state index contributed by atoms with van der Waals surface area (Å²) in [5.74, 6) is -0.207. The number of carbonyl (C=O) groups excluding carboxylic acids is 1. The molecule has 0 saturated heterocycles. The SMILES string of the molecule is CC(C)COCCOC(=O)c1ccc([N+](=O)[O-])cc1N. The second kappa shape index (κ2) is 7.44. The number of ether oxygens (including phenoxy) is 2. The van der Waals surface area contributed by atoms with Gasteiger partial charge in [0.1, 0.15) is 6.61 Å². The van der Waals surface area contributed by atoms with Gasteiger partial charge in [0.05, 0.1) is 22.8 Å². The summed E-state index contributed by atoms with van der Waals surface area (Å²) < 4.78 is 10.2. The molecule has 0 spiro atoms. The third-order valence-corrected chi connectivity index (χ3v) is 2.38. The van der Waals surface area contributed by atoms with Crippen molar-refractivity contribution in [2.45, 2.75) is 13.8 Å². The molecule has 20 heavy (non-hydrogen) atoms. The first-order valence-electron chi connectivity index (χ1n) is 6.20. The molecule has 0 aromatic heterocycles. The monoisotopic (exact) mass is 282 g/mol. The van der Waals surface area contributed by atoms with Crippen molar-refractivity contribution >= 4 is 17.3 Å². The number of nitrogen functional groups attached to an aromatic ring is 1. The lowest BCUT2D eigenvalue weighted by molar-refractivity contribution is -0.384. The molecule has 7 heteroatoms. The molecule has 0 aliphatic rings. The standard InChI is InChI=1S/C13H18N2O5/c1-9(2)8-19-5-6-20-13(16)11-4-3-10(15(17)18)7-12(11)14/h3-4,7,9H,5-6,8,14H2,1-2H3. The van der Waals surface area contributed by atoms with Gasteiger partial charge < -0.3 is 15.2 Å². The quantitative estimate of drug-likeness (QED) is 0.269. The molecule has 0 bridgehead atoms. The Bertz CT molecular complexity index is 488. The molecule has 0 radical (unpaired) electrons. The largest absolute Gasteiger partial charge is 0.460 e. The van der Waals surface area contributed by atoms with Gasteiger partial charge in [0.15, 0.2) is 0 Å². The van der Waals surface area contributed by atoms with E-state index in [1.807, 2.05) is 13.8 Å². The molecule has 7 nitrogen and oxygen atoms in total. The van der Waals surface area contributed by atoms with E-state index in [2.05, 4.69) is 0 Å². The zero-order chi connectivity index (χ0) is 15.1. The fraction of sp³-hybridized carbons (Fsp3) is 0.462. The summed E-state index contributed by atoms with van der Waals surface area (Å²) in [6.07, 6.45) is 0. The molecular formula is C13H18N2O5. The van der Waals surface area contributed by atoms with Crippen LogP contribution in [0.4, 0.5) is 11.4 Å². The highest BCUT2D eigenvalue weighted by Gasteiger charge is 2.15. The number of nitro benzene ring substituents is 1. The third-order valence-electron chi connectivity index (χ3n) is 2.38. The zero-order valence-electron chi connectivity index (χ0n) is 11.5. The first-order chi connectivity index (χ1) is 9.41.